The number of benzene rings is 2. The van der Waals surface area contributed by atoms with Gasteiger partial charge in [-0.1, -0.05) is 41.4 Å². The summed E-state index contributed by atoms with van der Waals surface area (Å²) >= 11 is 6.04. The summed E-state index contributed by atoms with van der Waals surface area (Å²) in [6, 6.07) is 10.8. The van der Waals surface area contributed by atoms with Gasteiger partial charge in [0.1, 0.15) is 0 Å². The first kappa shape index (κ1) is 17.0. The summed E-state index contributed by atoms with van der Waals surface area (Å²) in [6.07, 6.45) is 0. The van der Waals surface area contributed by atoms with E-state index >= 15 is 0 Å². The lowest BCUT2D eigenvalue weighted by Gasteiger charge is -2.17. The van der Waals surface area contributed by atoms with E-state index < -0.39 is 10.0 Å². The van der Waals surface area contributed by atoms with Crippen molar-refractivity contribution in [3.8, 4) is 0 Å². The van der Waals surface area contributed by atoms with E-state index in [4.69, 9.17) is 11.6 Å². The minimum atomic E-state index is -3.60. The van der Waals surface area contributed by atoms with Crippen molar-refractivity contribution in [1.29, 1.82) is 0 Å². The van der Waals surface area contributed by atoms with Gasteiger partial charge in [-0.2, -0.15) is 0 Å². The molecule has 0 aliphatic rings. The van der Waals surface area contributed by atoms with E-state index in [1.165, 1.54) is 0 Å². The summed E-state index contributed by atoms with van der Waals surface area (Å²) in [5.41, 5.74) is 3.45. The molecule has 0 amide bonds. The molecule has 1 atom stereocenters. The molecule has 0 aliphatic heterocycles. The van der Waals surface area contributed by atoms with Gasteiger partial charge in [0.15, 0.2) is 0 Å². The van der Waals surface area contributed by atoms with Crippen LogP contribution in [0, 0.1) is 20.8 Å². The Morgan fingerprint density at radius 3 is 2.18 bits per heavy atom. The van der Waals surface area contributed by atoms with Gasteiger partial charge in [-0.3, -0.25) is 0 Å². The Labute approximate surface area is 137 Å². The van der Waals surface area contributed by atoms with Crippen molar-refractivity contribution in [2.45, 2.75) is 38.6 Å². The molecular formula is C17H20ClNO2S. The third kappa shape index (κ3) is 3.69. The SMILES string of the molecule is Cc1ccc(C(C)NS(=O)(=O)c2cc(C)c(Cl)cc2C)cc1. The molecular weight excluding hydrogens is 318 g/mol. The Balaban J connectivity index is 2.31. The molecule has 2 aromatic rings. The minimum Gasteiger partial charge on any atom is -0.207 e. The summed E-state index contributed by atoms with van der Waals surface area (Å²) in [4.78, 5) is 0.272. The molecule has 0 saturated carbocycles. The number of aryl methyl sites for hydroxylation is 3. The molecule has 0 saturated heterocycles. The van der Waals surface area contributed by atoms with Gasteiger partial charge in [0.25, 0.3) is 0 Å². The molecule has 0 heterocycles. The van der Waals surface area contributed by atoms with Crippen LogP contribution in [0.5, 0.6) is 0 Å². The molecule has 118 valence electrons. The van der Waals surface area contributed by atoms with Crippen molar-refractivity contribution in [3.63, 3.8) is 0 Å². The van der Waals surface area contributed by atoms with E-state index in [1.807, 2.05) is 38.1 Å². The predicted octanol–water partition coefficient (Wildman–Crippen LogP) is 4.30. The molecule has 2 rings (SSSR count). The molecule has 5 heteroatoms. The Kier molecular flexibility index (Phi) is 4.95. The van der Waals surface area contributed by atoms with Gasteiger partial charge < -0.3 is 0 Å². The maximum absolute atomic E-state index is 12.6. The first-order chi connectivity index (χ1) is 10.2. The fraction of sp³-hybridized carbons (Fsp3) is 0.294. The quantitative estimate of drug-likeness (QED) is 0.903. The molecule has 0 bridgehead atoms. The maximum Gasteiger partial charge on any atom is 0.241 e. The van der Waals surface area contributed by atoms with E-state index in [0.29, 0.717) is 10.6 Å². The van der Waals surface area contributed by atoms with Crippen LogP contribution in [-0.2, 0) is 10.0 Å². The fourth-order valence-electron chi connectivity index (χ4n) is 2.26. The molecule has 3 nitrogen and oxygen atoms in total. The molecule has 2 aromatic carbocycles. The summed E-state index contributed by atoms with van der Waals surface area (Å²) in [5.74, 6) is 0. The Morgan fingerprint density at radius 1 is 1.00 bits per heavy atom. The second kappa shape index (κ2) is 6.41. The van der Waals surface area contributed by atoms with Gasteiger partial charge in [0.05, 0.1) is 4.90 Å². The smallest absolute Gasteiger partial charge is 0.207 e. The van der Waals surface area contributed by atoms with Crippen molar-refractivity contribution in [2.75, 3.05) is 0 Å². The van der Waals surface area contributed by atoms with Crippen LogP contribution < -0.4 is 4.72 Å². The number of hydrogen-bond donors (Lipinski definition) is 1. The van der Waals surface area contributed by atoms with Crippen molar-refractivity contribution in [3.05, 3.63) is 63.7 Å². The highest BCUT2D eigenvalue weighted by Crippen LogP contribution is 2.25. The third-order valence-corrected chi connectivity index (χ3v) is 5.74. The first-order valence-electron chi connectivity index (χ1n) is 7.06. The number of sulfonamides is 1. The molecule has 0 spiro atoms. The van der Waals surface area contributed by atoms with Crippen LogP contribution in [0.2, 0.25) is 5.02 Å². The van der Waals surface area contributed by atoms with Crippen LogP contribution in [0.25, 0.3) is 0 Å². The average molecular weight is 338 g/mol. The van der Waals surface area contributed by atoms with Gasteiger partial charge in [-0.15, -0.1) is 0 Å². The topological polar surface area (TPSA) is 46.2 Å². The normalized spacial score (nSPS) is 13.1. The van der Waals surface area contributed by atoms with E-state index in [9.17, 15) is 8.42 Å². The van der Waals surface area contributed by atoms with Gasteiger partial charge in [0.2, 0.25) is 10.0 Å². The van der Waals surface area contributed by atoms with Crippen LogP contribution >= 0.6 is 11.6 Å². The predicted molar refractivity (Wildman–Crippen MR) is 90.8 cm³/mol. The van der Waals surface area contributed by atoms with Gasteiger partial charge in [0, 0.05) is 11.1 Å². The van der Waals surface area contributed by atoms with Crippen LogP contribution in [0.15, 0.2) is 41.3 Å². The van der Waals surface area contributed by atoms with Crippen LogP contribution in [0.1, 0.15) is 35.2 Å². The molecule has 0 aliphatic carbocycles. The summed E-state index contributed by atoms with van der Waals surface area (Å²) in [6.45, 7) is 7.37. The molecule has 1 N–H and O–H groups in total. The van der Waals surface area contributed by atoms with Gasteiger partial charge >= 0.3 is 0 Å². The zero-order valence-corrected chi connectivity index (χ0v) is 14.7. The second-order valence-electron chi connectivity index (χ2n) is 5.62. The number of hydrogen-bond acceptors (Lipinski definition) is 2. The maximum atomic E-state index is 12.6. The molecule has 0 radical (unpaired) electrons. The lowest BCUT2D eigenvalue weighted by atomic mass is 10.1. The van der Waals surface area contributed by atoms with Gasteiger partial charge in [-0.05, 0) is 56.5 Å². The Bertz CT molecular complexity index is 783. The van der Waals surface area contributed by atoms with Crippen LogP contribution in [-0.4, -0.2) is 8.42 Å². The van der Waals surface area contributed by atoms with E-state index in [-0.39, 0.29) is 10.9 Å². The standard InChI is InChI=1S/C17H20ClNO2S/c1-11-5-7-15(8-6-11)14(4)19-22(20,21)17-10-12(2)16(18)9-13(17)3/h5-10,14,19H,1-4H3. The molecule has 1 unspecified atom stereocenters. The summed E-state index contributed by atoms with van der Waals surface area (Å²) in [5, 5.41) is 0.572. The van der Waals surface area contributed by atoms with E-state index in [1.54, 1.807) is 26.0 Å². The number of halogens is 1. The molecule has 0 aromatic heterocycles. The number of nitrogens with one attached hydrogen (secondary N) is 1. The highest BCUT2D eigenvalue weighted by molar-refractivity contribution is 7.89. The van der Waals surface area contributed by atoms with Crippen molar-refractivity contribution in [2.24, 2.45) is 0 Å². The molecule has 0 fully saturated rings. The minimum absolute atomic E-state index is 0.272. The fourth-order valence-corrected chi connectivity index (χ4v) is 4.02. The lowest BCUT2D eigenvalue weighted by Crippen LogP contribution is -2.27. The van der Waals surface area contributed by atoms with Crippen molar-refractivity contribution in [1.82, 2.24) is 4.72 Å². The van der Waals surface area contributed by atoms with Gasteiger partial charge in [-0.25, -0.2) is 13.1 Å². The van der Waals surface area contributed by atoms with Crippen LogP contribution in [0.4, 0.5) is 0 Å². The van der Waals surface area contributed by atoms with Crippen molar-refractivity contribution < 1.29 is 8.42 Å². The highest BCUT2D eigenvalue weighted by atomic mass is 35.5. The van der Waals surface area contributed by atoms with Crippen molar-refractivity contribution >= 4 is 21.6 Å². The Morgan fingerprint density at radius 2 is 1.59 bits per heavy atom. The second-order valence-corrected chi connectivity index (χ2v) is 7.71. The van der Waals surface area contributed by atoms with E-state index in [2.05, 4.69) is 4.72 Å². The zero-order valence-electron chi connectivity index (χ0n) is 13.1. The lowest BCUT2D eigenvalue weighted by molar-refractivity contribution is 0.566. The molecule has 22 heavy (non-hydrogen) atoms. The largest absolute Gasteiger partial charge is 0.241 e. The average Bonchev–Trinajstić information content (AvgIpc) is 2.42. The Hall–Kier alpha value is -1.36. The first-order valence-corrected chi connectivity index (χ1v) is 8.92. The number of rotatable bonds is 4. The zero-order chi connectivity index (χ0) is 16.5. The summed E-state index contributed by atoms with van der Waals surface area (Å²) < 4.78 is 28.0. The third-order valence-electron chi connectivity index (χ3n) is 3.65. The van der Waals surface area contributed by atoms with Crippen LogP contribution in [0.3, 0.4) is 0 Å². The van der Waals surface area contributed by atoms with E-state index in [0.717, 1.165) is 16.7 Å². The monoisotopic (exact) mass is 337 g/mol. The highest BCUT2D eigenvalue weighted by Gasteiger charge is 2.21. The summed E-state index contributed by atoms with van der Waals surface area (Å²) in [7, 11) is -3.60.